The van der Waals surface area contributed by atoms with E-state index < -0.39 is 18.4 Å². The third-order valence-corrected chi connectivity index (χ3v) is 11.0. The number of benzene rings is 5. The molecule has 6 nitrogen and oxygen atoms in total. The van der Waals surface area contributed by atoms with Crippen molar-refractivity contribution < 1.29 is 18.7 Å². The van der Waals surface area contributed by atoms with Crippen molar-refractivity contribution in [1.29, 1.82) is 0 Å². The van der Waals surface area contributed by atoms with Crippen LogP contribution in [0, 0.1) is 6.92 Å². The van der Waals surface area contributed by atoms with Gasteiger partial charge < -0.3 is 15.2 Å². The minimum absolute atomic E-state index is 0.283. The van der Waals surface area contributed by atoms with Crippen molar-refractivity contribution in [3.63, 3.8) is 0 Å². The van der Waals surface area contributed by atoms with Gasteiger partial charge in [0.15, 0.2) is 0 Å². The summed E-state index contributed by atoms with van der Waals surface area (Å²) in [4.78, 5) is 24.2. The van der Waals surface area contributed by atoms with Crippen LogP contribution in [-0.2, 0) is 19.3 Å². The lowest BCUT2D eigenvalue weighted by atomic mass is 9.83. The number of carbonyl (C=O) groups excluding carboxylic acids is 2. The minimum atomic E-state index is -3.86. The van der Waals surface area contributed by atoms with Crippen LogP contribution in [0.1, 0.15) is 28.7 Å². The molecule has 2 unspecified atom stereocenters. The molecule has 7 heteroatoms. The molecule has 1 aliphatic rings. The molecule has 0 saturated carbocycles. The lowest BCUT2D eigenvalue weighted by Gasteiger charge is -2.44. The molecule has 5 aromatic rings. The third kappa shape index (κ3) is 4.84. The summed E-state index contributed by atoms with van der Waals surface area (Å²) < 4.78 is 23.0. The highest BCUT2D eigenvalue weighted by molar-refractivity contribution is 7.69. The lowest BCUT2D eigenvalue weighted by molar-refractivity contribution is -0.126. The molecule has 0 aliphatic carbocycles. The molecule has 2 N–H and O–H groups in total. The van der Waals surface area contributed by atoms with Crippen LogP contribution in [-0.4, -0.2) is 18.9 Å². The number of hydrogen-bond donors (Lipinski definition) is 2. The Hall–Kier alpha value is -4.93. The van der Waals surface area contributed by atoms with Crippen molar-refractivity contribution in [2.24, 2.45) is 0 Å². The molecule has 6 rings (SSSR count). The summed E-state index contributed by atoms with van der Waals surface area (Å²) in [6.45, 7) is 2.02. The van der Waals surface area contributed by atoms with Crippen molar-refractivity contribution in [2.75, 3.05) is 12.4 Å². The van der Waals surface area contributed by atoms with Gasteiger partial charge in [-0.1, -0.05) is 109 Å². The summed E-state index contributed by atoms with van der Waals surface area (Å²) in [6, 6.07) is 40.7. The first kappa shape index (κ1) is 28.2. The summed E-state index contributed by atoms with van der Waals surface area (Å²) in [5.41, 5.74) is 5.74. The molecule has 2 atom stereocenters. The predicted octanol–water partition coefficient (Wildman–Crippen LogP) is 7.02. The molecule has 214 valence electrons. The van der Waals surface area contributed by atoms with Gasteiger partial charge in [0.2, 0.25) is 11.8 Å². The van der Waals surface area contributed by atoms with Gasteiger partial charge in [0.05, 0.1) is 5.30 Å². The summed E-state index contributed by atoms with van der Waals surface area (Å²) in [7, 11) is -2.37. The average Bonchev–Trinajstić information content (AvgIpc) is 3.03. The molecule has 0 bridgehead atoms. The maximum absolute atomic E-state index is 16.2. The highest BCUT2D eigenvalue weighted by Gasteiger charge is 2.57. The van der Waals surface area contributed by atoms with E-state index in [1.54, 1.807) is 12.1 Å². The zero-order chi connectivity index (χ0) is 30.0. The summed E-state index contributed by atoms with van der Waals surface area (Å²) in [6.07, 6.45) is -0.283. The highest BCUT2D eigenvalue weighted by Crippen LogP contribution is 2.71. The van der Waals surface area contributed by atoms with Gasteiger partial charge >= 0.3 is 0 Å². The van der Waals surface area contributed by atoms with E-state index in [-0.39, 0.29) is 12.3 Å². The second kappa shape index (κ2) is 11.4. The van der Waals surface area contributed by atoms with Gasteiger partial charge in [-0.25, -0.2) is 0 Å². The fraction of sp³-hybridized carbons (Fsp3) is 0.111. The Morgan fingerprint density at radius 1 is 0.674 bits per heavy atom. The van der Waals surface area contributed by atoms with E-state index in [0.717, 1.165) is 33.4 Å². The normalized spacial score (nSPS) is 16.5. The smallest absolute Gasteiger partial charge is 0.296 e. The summed E-state index contributed by atoms with van der Waals surface area (Å²) in [5, 5.41) is 4.64. The molecule has 1 aliphatic heterocycles. The second-order valence-corrected chi connectivity index (χ2v) is 13.0. The number of para-hydroxylation sites is 1. The van der Waals surface area contributed by atoms with Gasteiger partial charge in [-0.3, -0.25) is 14.2 Å². The topological polar surface area (TPSA) is 84.5 Å². The lowest BCUT2D eigenvalue weighted by Crippen LogP contribution is -2.38. The predicted molar refractivity (Wildman–Crippen MR) is 171 cm³/mol. The molecule has 0 saturated heterocycles. The molecule has 1 heterocycles. The monoisotopic (exact) mass is 586 g/mol. The first-order valence-corrected chi connectivity index (χ1v) is 15.7. The molecule has 0 fully saturated rings. The van der Waals surface area contributed by atoms with Gasteiger partial charge in [-0.05, 0) is 53.4 Å². The Morgan fingerprint density at radius 3 is 1.91 bits per heavy atom. The first-order chi connectivity index (χ1) is 20.9. The zero-order valence-electron chi connectivity index (χ0n) is 23.9. The zero-order valence-corrected chi connectivity index (χ0v) is 24.8. The standard InChI is InChI=1S/C36H31N2O4P/c1-25-16-18-27(19-17-25)36(26-10-4-3-5-11-26,28-20-22-29(23-21-28)38-35(40)24-34(39)37-2)43(41)33-15-9-7-13-31(33)30-12-6-8-14-32(30)42-43/h3-23H,24H2,1-2H3,(H,37,39)(H,38,40). The Morgan fingerprint density at radius 2 is 1.23 bits per heavy atom. The van der Waals surface area contributed by atoms with Crippen LogP contribution < -0.4 is 20.5 Å². The molecule has 0 spiro atoms. The van der Waals surface area contributed by atoms with Gasteiger partial charge in [0, 0.05) is 18.3 Å². The highest BCUT2D eigenvalue weighted by atomic mass is 31.2. The maximum atomic E-state index is 16.2. The average molecular weight is 587 g/mol. The number of anilines is 1. The third-order valence-electron chi connectivity index (χ3n) is 7.91. The van der Waals surface area contributed by atoms with Crippen LogP contribution in [0.2, 0.25) is 0 Å². The minimum Gasteiger partial charge on any atom is -0.438 e. The molecule has 5 aromatic carbocycles. The number of rotatable bonds is 7. The van der Waals surface area contributed by atoms with Crippen LogP contribution in [0.5, 0.6) is 5.75 Å². The number of hydrogen-bond acceptors (Lipinski definition) is 4. The molecule has 0 aromatic heterocycles. The number of fused-ring (bicyclic) bond motifs is 3. The first-order valence-electron chi connectivity index (χ1n) is 14.1. The fourth-order valence-electron chi connectivity index (χ4n) is 5.88. The van der Waals surface area contributed by atoms with E-state index in [1.807, 2.05) is 122 Å². The summed E-state index contributed by atoms with van der Waals surface area (Å²) in [5.74, 6) is -0.230. The van der Waals surface area contributed by atoms with Crippen LogP contribution in [0.3, 0.4) is 0 Å². The van der Waals surface area contributed by atoms with Gasteiger partial charge in [-0.15, -0.1) is 0 Å². The number of aryl methyl sites for hydroxylation is 1. The van der Waals surface area contributed by atoms with Crippen molar-refractivity contribution in [2.45, 2.75) is 18.5 Å². The van der Waals surface area contributed by atoms with Crippen molar-refractivity contribution in [3.8, 4) is 16.9 Å². The molecule has 2 amide bonds. The van der Waals surface area contributed by atoms with E-state index in [9.17, 15) is 9.59 Å². The largest absolute Gasteiger partial charge is 0.438 e. The Balaban J connectivity index is 1.62. The summed E-state index contributed by atoms with van der Waals surface area (Å²) >= 11 is 0. The van der Waals surface area contributed by atoms with Gasteiger partial charge in [0.1, 0.15) is 17.3 Å². The van der Waals surface area contributed by atoms with Gasteiger partial charge in [-0.2, -0.15) is 0 Å². The number of carbonyl (C=O) groups is 2. The number of amides is 2. The fourth-order valence-corrected chi connectivity index (χ4v) is 9.18. The molecular formula is C36H31N2O4P. The molecular weight excluding hydrogens is 555 g/mol. The van der Waals surface area contributed by atoms with E-state index in [0.29, 0.717) is 16.7 Å². The molecule has 0 radical (unpaired) electrons. The van der Waals surface area contributed by atoms with Gasteiger partial charge in [0.25, 0.3) is 7.37 Å². The van der Waals surface area contributed by atoms with E-state index in [2.05, 4.69) is 10.6 Å². The van der Waals surface area contributed by atoms with E-state index in [4.69, 9.17) is 4.52 Å². The Kier molecular flexibility index (Phi) is 7.47. The van der Waals surface area contributed by atoms with Crippen LogP contribution in [0.15, 0.2) is 127 Å². The SMILES string of the molecule is CNC(=O)CC(=O)Nc1ccc(C(c2ccccc2)(c2ccc(C)cc2)P2(=O)Oc3ccccc3-c3ccccc32)cc1. The van der Waals surface area contributed by atoms with Crippen molar-refractivity contribution in [1.82, 2.24) is 5.32 Å². The second-order valence-electron chi connectivity index (χ2n) is 10.6. The molecule has 43 heavy (non-hydrogen) atoms. The Labute approximate surface area is 251 Å². The van der Waals surface area contributed by atoms with E-state index in [1.165, 1.54) is 7.05 Å². The number of nitrogens with one attached hydrogen (secondary N) is 2. The van der Waals surface area contributed by atoms with Crippen LogP contribution >= 0.6 is 7.37 Å². The van der Waals surface area contributed by atoms with Crippen molar-refractivity contribution in [3.05, 3.63) is 150 Å². The van der Waals surface area contributed by atoms with E-state index >= 15 is 4.57 Å². The Bertz CT molecular complexity index is 1850. The van der Waals surface area contributed by atoms with Crippen LogP contribution in [0.4, 0.5) is 5.69 Å². The van der Waals surface area contributed by atoms with Crippen LogP contribution in [0.25, 0.3) is 11.1 Å². The maximum Gasteiger partial charge on any atom is 0.296 e. The quantitative estimate of drug-likeness (QED) is 0.122. The van der Waals surface area contributed by atoms with Crippen molar-refractivity contribution >= 4 is 30.2 Å².